The third kappa shape index (κ3) is 3.76. The molecule has 0 N–H and O–H groups in total. The molecule has 0 unspecified atom stereocenters. The van der Waals surface area contributed by atoms with Crippen molar-refractivity contribution in [3.63, 3.8) is 0 Å². The molecule has 9 heteroatoms. The number of halogens is 8. The van der Waals surface area contributed by atoms with E-state index in [4.69, 9.17) is 0 Å². The van der Waals surface area contributed by atoms with Gasteiger partial charge in [-0.1, -0.05) is 0 Å². The number of alkyl halides is 4. The van der Waals surface area contributed by atoms with Crippen molar-refractivity contribution < 1.29 is 39.9 Å². The maximum absolute atomic E-state index is 12.1. The molecule has 0 radical (unpaired) electrons. The molecule has 15 heavy (non-hydrogen) atoms. The fourth-order valence-corrected chi connectivity index (χ4v) is 0.331. The van der Waals surface area contributed by atoms with Crippen molar-refractivity contribution in [3.8, 4) is 0 Å². The Morgan fingerprint density at radius 3 is 1.87 bits per heavy atom. The molecule has 0 aromatic heterocycles. The minimum Gasteiger partial charge on any atom is -0.433 e. The van der Waals surface area contributed by atoms with Crippen LogP contribution in [0.5, 0.6) is 0 Å². The van der Waals surface area contributed by atoms with E-state index in [1.54, 1.807) is 0 Å². The van der Waals surface area contributed by atoms with Crippen LogP contribution in [0.1, 0.15) is 0 Å². The van der Waals surface area contributed by atoms with Gasteiger partial charge in [-0.2, -0.15) is 22.0 Å². The van der Waals surface area contributed by atoms with Crippen molar-refractivity contribution in [2.75, 3.05) is 0 Å². The average Bonchev–Trinajstić information content (AvgIpc) is 2.12. The summed E-state index contributed by atoms with van der Waals surface area (Å²) in [4.78, 5) is 0. The minimum atomic E-state index is -5.22. The Labute approximate surface area is 77.6 Å². The number of allylic oxidation sites excluding steroid dienone is 1. The second-order valence-corrected chi connectivity index (χ2v) is 2.04. The van der Waals surface area contributed by atoms with E-state index in [-0.39, 0.29) is 0 Å². The van der Waals surface area contributed by atoms with Gasteiger partial charge in [-0.25, -0.2) is 13.2 Å². The fourth-order valence-electron chi connectivity index (χ4n) is 0.331. The molecule has 0 fully saturated rings. The molecular weight excluding hydrogens is 240 g/mol. The van der Waals surface area contributed by atoms with Crippen LogP contribution in [-0.4, -0.2) is 12.3 Å². The van der Waals surface area contributed by atoms with Crippen molar-refractivity contribution in [2.45, 2.75) is 12.3 Å². The van der Waals surface area contributed by atoms with E-state index in [2.05, 4.69) is 4.74 Å². The molecule has 0 aromatic carbocycles. The number of hydrogen-bond donors (Lipinski definition) is 0. The predicted molar refractivity (Wildman–Crippen MR) is 31.6 cm³/mol. The highest BCUT2D eigenvalue weighted by Gasteiger charge is 2.46. The summed E-state index contributed by atoms with van der Waals surface area (Å²) in [5.41, 5.74) is 0. The molecule has 0 bridgehead atoms. The normalized spacial score (nSPS) is 13.0. The van der Waals surface area contributed by atoms with E-state index in [9.17, 15) is 35.1 Å². The molecule has 0 saturated heterocycles. The lowest BCUT2D eigenvalue weighted by Gasteiger charge is -2.11. The summed E-state index contributed by atoms with van der Waals surface area (Å²) >= 11 is 0. The lowest BCUT2D eigenvalue weighted by Crippen LogP contribution is -2.27. The summed E-state index contributed by atoms with van der Waals surface area (Å²) < 4.78 is 96.1. The highest BCUT2D eigenvalue weighted by molar-refractivity contribution is 5.03. The molecule has 0 aromatic rings. The highest BCUT2D eigenvalue weighted by atomic mass is 19.3. The lowest BCUT2D eigenvalue weighted by atomic mass is 10.3. The Hall–Kier alpha value is -1.28. The van der Waals surface area contributed by atoms with Gasteiger partial charge in [-0.05, 0) is 0 Å². The van der Waals surface area contributed by atoms with Crippen LogP contribution in [0.25, 0.3) is 0 Å². The molecular formula is C6H2F8O. The number of rotatable bonds is 4. The van der Waals surface area contributed by atoms with Gasteiger partial charge in [-0.15, -0.1) is 0 Å². The Morgan fingerprint density at radius 1 is 1.07 bits per heavy atom. The van der Waals surface area contributed by atoms with Gasteiger partial charge in [-0.3, -0.25) is 0 Å². The van der Waals surface area contributed by atoms with E-state index in [1.807, 2.05) is 0 Å². The summed E-state index contributed by atoms with van der Waals surface area (Å²) in [7, 11) is 0. The summed E-state index contributed by atoms with van der Waals surface area (Å²) in [5.74, 6) is -8.08. The molecule has 0 aliphatic rings. The van der Waals surface area contributed by atoms with Crippen LogP contribution in [0.15, 0.2) is 24.2 Å². The monoisotopic (exact) mass is 242 g/mol. The molecule has 0 amide bonds. The van der Waals surface area contributed by atoms with Crippen molar-refractivity contribution in [1.82, 2.24) is 0 Å². The second-order valence-electron chi connectivity index (χ2n) is 2.04. The first-order valence-corrected chi connectivity index (χ1v) is 3.09. The van der Waals surface area contributed by atoms with Gasteiger partial charge in [0, 0.05) is 0 Å². The van der Waals surface area contributed by atoms with Crippen LogP contribution in [-0.2, 0) is 4.74 Å². The molecule has 0 aliphatic heterocycles. The van der Waals surface area contributed by atoms with Crippen molar-refractivity contribution in [2.24, 2.45) is 0 Å². The third-order valence-electron chi connectivity index (χ3n) is 1.01. The van der Waals surface area contributed by atoms with Gasteiger partial charge < -0.3 is 4.74 Å². The molecule has 88 valence electrons. The maximum atomic E-state index is 12.1. The fraction of sp³-hybridized carbons (Fsp3) is 0.333. The first kappa shape index (κ1) is 13.7. The predicted octanol–water partition coefficient (Wildman–Crippen LogP) is 3.75. The van der Waals surface area contributed by atoms with E-state index >= 15 is 0 Å². The van der Waals surface area contributed by atoms with Gasteiger partial charge in [0.1, 0.15) is 6.26 Å². The van der Waals surface area contributed by atoms with Gasteiger partial charge in [0.2, 0.25) is 5.83 Å². The third-order valence-corrected chi connectivity index (χ3v) is 1.01. The van der Waals surface area contributed by atoms with Gasteiger partial charge in [0.25, 0.3) is 0 Å². The quantitative estimate of drug-likeness (QED) is 0.538. The summed E-state index contributed by atoms with van der Waals surface area (Å²) in [6, 6.07) is -2.66. The zero-order chi connectivity index (χ0) is 12.2. The lowest BCUT2D eigenvalue weighted by molar-refractivity contribution is -0.114. The van der Waals surface area contributed by atoms with E-state index in [0.717, 1.165) is 0 Å². The molecule has 0 spiro atoms. The summed E-state index contributed by atoms with van der Waals surface area (Å²) in [5, 5.41) is 0. The largest absolute Gasteiger partial charge is 0.433 e. The van der Waals surface area contributed by atoms with Crippen LogP contribution < -0.4 is 0 Å². The first-order chi connectivity index (χ1) is 6.69. The van der Waals surface area contributed by atoms with Gasteiger partial charge >= 0.3 is 24.4 Å². The zero-order valence-electron chi connectivity index (χ0n) is 6.59. The zero-order valence-corrected chi connectivity index (χ0v) is 6.59. The molecule has 0 atom stereocenters. The molecule has 0 aliphatic carbocycles. The Kier molecular flexibility index (Phi) is 4.56. The average molecular weight is 242 g/mol. The van der Waals surface area contributed by atoms with Crippen LogP contribution in [0.2, 0.25) is 0 Å². The van der Waals surface area contributed by atoms with E-state index < -0.39 is 36.5 Å². The van der Waals surface area contributed by atoms with Gasteiger partial charge in [0.15, 0.2) is 0 Å². The standard InChI is InChI=1S/C6H2F8O/c7-2(6(13,14)5(11)12)1-15-4(10)3(8)9/h1,5H. The van der Waals surface area contributed by atoms with Crippen molar-refractivity contribution in [1.29, 1.82) is 0 Å². The van der Waals surface area contributed by atoms with Crippen molar-refractivity contribution in [3.05, 3.63) is 24.2 Å². The number of ether oxygens (including phenoxy) is 1. The van der Waals surface area contributed by atoms with Gasteiger partial charge in [0.05, 0.1) is 0 Å². The van der Waals surface area contributed by atoms with E-state index in [1.165, 1.54) is 0 Å². The first-order valence-electron chi connectivity index (χ1n) is 3.09. The molecule has 0 saturated carbocycles. The van der Waals surface area contributed by atoms with Crippen LogP contribution in [0.4, 0.5) is 35.1 Å². The number of hydrogen-bond acceptors (Lipinski definition) is 1. The Morgan fingerprint density at radius 2 is 1.53 bits per heavy atom. The summed E-state index contributed by atoms with van der Waals surface area (Å²) in [6.07, 6.45) is -8.31. The Balaban J connectivity index is 4.66. The highest BCUT2D eigenvalue weighted by Crippen LogP contribution is 2.32. The van der Waals surface area contributed by atoms with Crippen LogP contribution in [0, 0.1) is 0 Å². The van der Waals surface area contributed by atoms with E-state index in [0.29, 0.717) is 0 Å². The molecule has 0 rings (SSSR count). The molecule has 1 nitrogen and oxygen atoms in total. The maximum Gasteiger partial charge on any atom is 0.361 e. The molecule has 0 heterocycles. The van der Waals surface area contributed by atoms with Crippen molar-refractivity contribution >= 4 is 0 Å². The smallest absolute Gasteiger partial charge is 0.361 e. The second kappa shape index (κ2) is 4.99. The van der Waals surface area contributed by atoms with Crippen LogP contribution in [0.3, 0.4) is 0 Å². The van der Waals surface area contributed by atoms with Crippen LogP contribution >= 0.6 is 0 Å². The minimum absolute atomic E-state index is 0.860. The topological polar surface area (TPSA) is 9.23 Å². The SMILES string of the molecule is FC(=COC(F)=C(F)F)C(F)(F)C(F)F. The summed E-state index contributed by atoms with van der Waals surface area (Å²) in [6.45, 7) is 0. The Bertz CT molecular complexity index is 277.